The van der Waals surface area contributed by atoms with Gasteiger partial charge in [0.25, 0.3) is 0 Å². The molecule has 0 radical (unpaired) electrons. The molecule has 1 saturated carbocycles. The van der Waals surface area contributed by atoms with E-state index in [1.165, 1.54) is 30.6 Å². The lowest BCUT2D eigenvalue weighted by molar-refractivity contribution is -0.153. The van der Waals surface area contributed by atoms with Gasteiger partial charge in [-0.3, -0.25) is 9.69 Å². The van der Waals surface area contributed by atoms with Crippen molar-refractivity contribution in [2.24, 2.45) is 11.3 Å². The summed E-state index contributed by atoms with van der Waals surface area (Å²) in [7, 11) is 1.55. The van der Waals surface area contributed by atoms with Crippen LogP contribution in [0.25, 0.3) is 0 Å². The smallest absolute Gasteiger partial charge is 0.310 e. The third-order valence-corrected chi connectivity index (χ3v) is 7.90. The molecule has 3 heterocycles. The van der Waals surface area contributed by atoms with Crippen molar-refractivity contribution in [3.63, 3.8) is 0 Å². The Balaban J connectivity index is 1.73. The predicted molar refractivity (Wildman–Crippen MR) is 97.6 cm³/mol. The number of para-hydroxylation sites is 1. The number of anilines is 1. The molecule has 4 heteroatoms. The Labute approximate surface area is 149 Å². The predicted octanol–water partition coefficient (Wildman–Crippen LogP) is 3.18. The summed E-state index contributed by atoms with van der Waals surface area (Å²) in [5.41, 5.74) is 2.98. The lowest BCUT2D eigenvalue weighted by Gasteiger charge is -2.59. The fraction of sp³-hybridized carbons (Fsp3) is 0.667. The highest BCUT2D eigenvalue weighted by atomic mass is 16.5. The maximum atomic E-state index is 12.8. The first-order chi connectivity index (χ1) is 12.2. The van der Waals surface area contributed by atoms with Crippen LogP contribution < -0.4 is 5.32 Å². The molecule has 1 aliphatic carbocycles. The number of piperidine rings is 1. The zero-order valence-electron chi connectivity index (χ0n) is 15.3. The molecule has 0 bridgehead atoms. The number of methoxy groups -OCH3 is 1. The Morgan fingerprint density at radius 3 is 2.96 bits per heavy atom. The van der Waals surface area contributed by atoms with E-state index in [-0.39, 0.29) is 28.8 Å². The monoisotopic (exact) mass is 340 g/mol. The molecule has 5 atom stereocenters. The van der Waals surface area contributed by atoms with Gasteiger partial charge in [0.15, 0.2) is 0 Å². The first-order valence-electron chi connectivity index (χ1n) is 9.84. The Kier molecular flexibility index (Phi) is 3.28. The first kappa shape index (κ1) is 15.7. The molecule has 1 N–H and O–H groups in total. The summed E-state index contributed by atoms with van der Waals surface area (Å²) in [6.45, 7) is 4.71. The third-order valence-electron chi connectivity index (χ3n) is 7.90. The Morgan fingerprint density at radius 2 is 2.16 bits per heavy atom. The van der Waals surface area contributed by atoms with Gasteiger partial charge in [-0.2, -0.15) is 0 Å². The summed E-state index contributed by atoms with van der Waals surface area (Å²) < 4.78 is 5.28. The van der Waals surface area contributed by atoms with Gasteiger partial charge in [0.1, 0.15) is 0 Å². The number of carbonyl (C=O) groups excluding carboxylic acids is 1. The number of esters is 1. The molecule has 2 saturated heterocycles. The van der Waals surface area contributed by atoms with Crippen LogP contribution in [-0.2, 0) is 14.9 Å². The third kappa shape index (κ3) is 1.79. The first-order valence-corrected chi connectivity index (χ1v) is 9.84. The summed E-state index contributed by atoms with van der Waals surface area (Å²) in [5, 5.41) is 3.77. The fourth-order valence-electron chi connectivity index (χ4n) is 7.07. The molecule has 4 nitrogen and oxygen atoms in total. The molecular formula is C21H28N2O2. The topological polar surface area (TPSA) is 41.6 Å². The van der Waals surface area contributed by atoms with E-state index >= 15 is 0 Å². The van der Waals surface area contributed by atoms with Crippen LogP contribution in [0.1, 0.15) is 44.6 Å². The van der Waals surface area contributed by atoms with Gasteiger partial charge in [-0.25, -0.2) is 0 Å². The second-order valence-electron chi connectivity index (χ2n) is 8.55. The van der Waals surface area contributed by atoms with E-state index in [0.717, 1.165) is 25.8 Å². The van der Waals surface area contributed by atoms with Crippen molar-refractivity contribution in [1.82, 2.24) is 4.90 Å². The normalized spacial score (nSPS) is 41.4. The SMILES string of the molecule is CC[C@]12CCCN3CC[C@]4(c5ccccc5N[C@H]4[C@H](C(=O)OC)C1)[C@@H]32. The van der Waals surface area contributed by atoms with E-state index in [0.29, 0.717) is 6.04 Å². The maximum Gasteiger partial charge on any atom is 0.310 e. The van der Waals surface area contributed by atoms with E-state index in [1.54, 1.807) is 7.11 Å². The van der Waals surface area contributed by atoms with Gasteiger partial charge in [0, 0.05) is 17.1 Å². The molecule has 3 aliphatic heterocycles. The van der Waals surface area contributed by atoms with Crippen LogP contribution in [0, 0.1) is 11.3 Å². The largest absolute Gasteiger partial charge is 0.469 e. The van der Waals surface area contributed by atoms with Crippen molar-refractivity contribution >= 4 is 11.7 Å². The minimum Gasteiger partial charge on any atom is -0.469 e. The number of nitrogens with zero attached hydrogens (tertiary/aromatic N) is 1. The van der Waals surface area contributed by atoms with E-state index in [9.17, 15) is 4.79 Å². The summed E-state index contributed by atoms with van der Waals surface area (Å²) in [6, 6.07) is 9.49. The van der Waals surface area contributed by atoms with E-state index in [1.807, 2.05) is 0 Å². The van der Waals surface area contributed by atoms with E-state index in [4.69, 9.17) is 4.74 Å². The number of fused-ring (bicyclic) bond motifs is 1. The van der Waals surface area contributed by atoms with Gasteiger partial charge in [0.2, 0.25) is 0 Å². The number of hydrogen-bond acceptors (Lipinski definition) is 4. The molecule has 0 amide bonds. The van der Waals surface area contributed by atoms with Gasteiger partial charge < -0.3 is 10.1 Å². The van der Waals surface area contributed by atoms with Gasteiger partial charge in [-0.15, -0.1) is 0 Å². The lowest BCUT2D eigenvalue weighted by Crippen LogP contribution is -2.67. The zero-order chi connectivity index (χ0) is 17.2. The standard InChI is InChI=1S/C21H28N2O2/c1-3-20-9-6-11-23-12-10-21(19(20)23)15-7-4-5-8-16(15)22-17(21)14(13-20)18(24)25-2/h4-5,7-8,14,17,19,22H,3,6,9-13H2,1-2H3/t14-,17+,19+,20+,21-/m1/s1. The van der Waals surface area contributed by atoms with Crippen LogP contribution in [0.3, 0.4) is 0 Å². The average molecular weight is 340 g/mol. The highest BCUT2D eigenvalue weighted by Gasteiger charge is 2.69. The van der Waals surface area contributed by atoms with Gasteiger partial charge in [-0.1, -0.05) is 25.1 Å². The minimum absolute atomic E-state index is 0.0278. The molecule has 5 rings (SSSR count). The second-order valence-corrected chi connectivity index (χ2v) is 8.55. The lowest BCUT2D eigenvalue weighted by atomic mass is 9.49. The quantitative estimate of drug-likeness (QED) is 0.840. The molecule has 3 fully saturated rings. The number of carbonyl (C=O) groups is 1. The second kappa shape index (κ2) is 5.23. The van der Waals surface area contributed by atoms with Crippen molar-refractivity contribution in [2.75, 3.05) is 25.5 Å². The highest BCUT2D eigenvalue weighted by Crippen LogP contribution is 2.65. The molecule has 25 heavy (non-hydrogen) atoms. The van der Waals surface area contributed by atoms with Crippen LogP contribution in [0.2, 0.25) is 0 Å². The fourth-order valence-corrected chi connectivity index (χ4v) is 7.07. The zero-order valence-corrected chi connectivity index (χ0v) is 15.3. The molecule has 0 aromatic heterocycles. The molecule has 1 aromatic rings. The number of ether oxygens (including phenoxy) is 1. The van der Waals surface area contributed by atoms with Crippen molar-refractivity contribution in [3.8, 4) is 0 Å². The van der Waals surface area contributed by atoms with Gasteiger partial charge >= 0.3 is 5.97 Å². The highest BCUT2D eigenvalue weighted by molar-refractivity contribution is 5.78. The molecule has 1 spiro atoms. The Morgan fingerprint density at radius 1 is 1.32 bits per heavy atom. The maximum absolute atomic E-state index is 12.8. The van der Waals surface area contributed by atoms with E-state index < -0.39 is 0 Å². The van der Waals surface area contributed by atoms with Gasteiger partial charge in [0.05, 0.1) is 19.1 Å². The van der Waals surface area contributed by atoms with Crippen molar-refractivity contribution < 1.29 is 9.53 Å². The van der Waals surface area contributed by atoms with Crippen LogP contribution in [0.4, 0.5) is 5.69 Å². The van der Waals surface area contributed by atoms with Crippen molar-refractivity contribution in [2.45, 2.75) is 56.5 Å². The molecule has 134 valence electrons. The van der Waals surface area contributed by atoms with Crippen LogP contribution in [-0.4, -0.2) is 43.2 Å². The molecular weight excluding hydrogens is 312 g/mol. The Hall–Kier alpha value is -1.55. The number of benzene rings is 1. The van der Waals surface area contributed by atoms with Crippen LogP contribution >= 0.6 is 0 Å². The Bertz CT molecular complexity index is 720. The van der Waals surface area contributed by atoms with Crippen LogP contribution in [0.15, 0.2) is 24.3 Å². The average Bonchev–Trinajstić information content (AvgIpc) is 3.21. The minimum atomic E-state index is -0.0494. The molecule has 0 unspecified atom stereocenters. The van der Waals surface area contributed by atoms with Crippen LogP contribution in [0.5, 0.6) is 0 Å². The summed E-state index contributed by atoms with van der Waals surface area (Å²) in [4.78, 5) is 15.5. The van der Waals surface area contributed by atoms with Crippen molar-refractivity contribution in [3.05, 3.63) is 29.8 Å². The van der Waals surface area contributed by atoms with Crippen molar-refractivity contribution in [1.29, 1.82) is 0 Å². The molecule has 1 aromatic carbocycles. The number of rotatable bonds is 2. The number of nitrogens with one attached hydrogen (secondary N) is 1. The number of hydrogen-bond donors (Lipinski definition) is 1. The van der Waals surface area contributed by atoms with E-state index in [2.05, 4.69) is 41.4 Å². The molecule has 4 aliphatic rings. The summed E-state index contributed by atoms with van der Waals surface area (Å²) in [5.74, 6) is -0.0772. The summed E-state index contributed by atoms with van der Waals surface area (Å²) in [6.07, 6.45) is 5.77. The summed E-state index contributed by atoms with van der Waals surface area (Å²) >= 11 is 0. The van der Waals surface area contributed by atoms with Gasteiger partial charge in [-0.05, 0) is 62.2 Å².